The summed E-state index contributed by atoms with van der Waals surface area (Å²) in [5.41, 5.74) is 1.35. The number of ether oxygens (including phenoxy) is 1. The van der Waals surface area contributed by atoms with E-state index in [-0.39, 0.29) is 60.6 Å². The number of nitrogens with one attached hydrogen (secondary N) is 1. The number of nitrogens with zero attached hydrogens (tertiary/aromatic N) is 3. The molecule has 1 saturated carbocycles. The van der Waals surface area contributed by atoms with Crippen LogP contribution in [0.3, 0.4) is 0 Å². The Hall–Kier alpha value is -3.90. The fourth-order valence-electron chi connectivity index (χ4n) is 10.1. The fraction of sp³-hybridized carbons (Fsp3) is 0.564. The number of aliphatic hydroxyl groups is 1. The summed E-state index contributed by atoms with van der Waals surface area (Å²) in [5.74, 6) is -3.00. The van der Waals surface area contributed by atoms with Gasteiger partial charge in [0.2, 0.25) is 17.7 Å². The largest absolute Gasteiger partial charge is 0.488 e. The monoisotopic (exact) mass is 706 g/mol. The molecule has 1 aromatic heterocycles. The molecule has 3 saturated heterocycles. The normalized spacial score (nSPS) is 33.2. The molecule has 3 unspecified atom stereocenters. The summed E-state index contributed by atoms with van der Waals surface area (Å²) in [7, 11) is 0. The highest BCUT2D eigenvalue weighted by molar-refractivity contribution is 5.94. The predicted octanol–water partition coefficient (Wildman–Crippen LogP) is 5.44. The van der Waals surface area contributed by atoms with Crippen molar-refractivity contribution in [2.75, 3.05) is 19.7 Å². The molecule has 0 bridgehead atoms. The summed E-state index contributed by atoms with van der Waals surface area (Å²) in [6, 6.07) is 12.9. The van der Waals surface area contributed by atoms with Crippen LogP contribution in [0.4, 0.5) is 13.2 Å². The third-order valence-corrected chi connectivity index (χ3v) is 12.5. The maximum absolute atomic E-state index is 14.5. The second-order valence-electron chi connectivity index (χ2n) is 15.7. The van der Waals surface area contributed by atoms with Crippen molar-refractivity contribution >= 4 is 28.6 Å². The van der Waals surface area contributed by atoms with Crippen molar-refractivity contribution in [3.8, 4) is 0 Å². The number of carbonyl (C=O) groups is 3. The number of halogens is 3. The lowest BCUT2D eigenvalue weighted by Gasteiger charge is -2.58. The molecule has 0 spiro atoms. The van der Waals surface area contributed by atoms with E-state index in [4.69, 9.17) is 4.74 Å². The maximum atomic E-state index is 14.5. The number of rotatable bonds is 7. The quantitative estimate of drug-likeness (QED) is 0.341. The van der Waals surface area contributed by atoms with Crippen molar-refractivity contribution in [1.82, 2.24) is 19.7 Å². The van der Waals surface area contributed by atoms with E-state index in [1.807, 2.05) is 36.4 Å². The Labute approximate surface area is 295 Å². The van der Waals surface area contributed by atoms with Gasteiger partial charge in [-0.3, -0.25) is 23.9 Å². The second kappa shape index (κ2) is 12.4. The van der Waals surface area contributed by atoms with Crippen molar-refractivity contribution in [3.05, 3.63) is 71.4 Å². The minimum Gasteiger partial charge on any atom is -0.355 e. The number of aromatic nitrogens is 1. The lowest BCUT2D eigenvalue weighted by molar-refractivity contribution is -0.351. The zero-order chi connectivity index (χ0) is 35.9. The summed E-state index contributed by atoms with van der Waals surface area (Å²) >= 11 is 0. The third kappa shape index (κ3) is 5.46. The number of benzene rings is 2. The first-order valence-corrected chi connectivity index (χ1v) is 18.4. The van der Waals surface area contributed by atoms with Gasteiger partial charge in [0.1, 0.15) is 12.1 Å². The van der Waals surface area contributed by atoms with Gasteiger partial charge < -0.3 is 20.1 Å². The highest BCUT2D eigenvalue weighted by Crippen LogP contribution is 2.53. The standard InChI is InChI=1S/C39H45F3N4O5/c1-3-9-24-17-25(18-29-27-12-7-13-30-33(27)26(19-28(24)29)20-45(30)39(40,41)42)34(47)43-21-37(2)22-51-38(50)32-14-8-15-44(32)35(48)31(46(38)36(37)49)16-23-10-5-4-6-11-23/h4-7,10-13,20,24-25,28-29,31-32,50H,3,8-9,14-19,21-22H2,1-2H3,(H,43,47)/t24?,25?,28?,29-,31+,32+,37-,38+/m1/s1. The van der Waals surface area contributed by atoms with E-state index in [9.17, 15) is 32.7 Å². The lowest BCUT2D eigenvalue weighted by atomic mass is 9.60. The first-order valence-electron chi connectivity index (χ1n) is 18.4. The molecule has 9 nitrogen and oxygen atoms in total. The van der Waals surface area contributed by atoms with Gasteiger partial charge in [0.25, 0.3) is 5.91 Å². The van der Waals surface area contributed by atoms with Gasteiger partial charge in [-0.1, -0.05) is 62.2 Å². The van der Waals surface area contributed by atoms with Gasteiger partial charge in [0, 0.05) is 37.0 Å². The van der Waals surface area contributed by atoms with Crippen LogP contribution in [0.5, 0.6) is 0 Å². The number of hydrogen-bond acceptors (Lipinski definition) is 5. The Morgan fingerprint density at radius 3 is 2.63 bits per heavy atom. The van der Waals surface area contributed by atoms with E-state index < -0.39 is 35.6 Å². The summed E-state index contributed by atoms with van der Waals surface area (Å²) in [5, 5.41) is 15.7. The van der Waals surface area contributed by atoms with Crippen LogP contribution in [0.2, 0.25) is 0 Å². The molecule has 5 aliphatic rings. The van der Waals surface area contributed by atoms with E-state index in [1.54, 1.807) is 17.9 Å². The Balaban J connectivity index is 1.04. The molecule has 2 aromatic carbocycles. The number of hydrogen-bond donors (Lipinski definition) is 2. The molecule has 12 heteroatoms. The van der Waals surface area contributed by atoms with Crippen molar-refractivity contribution in [1.29, 1.82) is 0 Å². The average Bonchev–Trinajstić information content (AvgIpc) is 3.76. The van der Waals surface area contributed by atoms with Gasteiger partial charge in [-0.15, -0.1) is 13.2 Å². The molecule has 51 heavy (non-hydrogen) atoms. The molecule has 8 atom stereocenters. The number of piperazine rings is 1. The summed E-state index contributed by atoms with van der Waals surface area (Å²) < 4.78 is 48.6. The van der Waals surface area contributed by atoms with Gasteiger partial charge in [-0.05, 0) is 79.5 Å². The van der Waals surface area contributed by atoms with Crippen molar-refractivity contribution in [3.63, 3.8) is 0 Å². The first kappa shape index (κ1) is 34.2. The van der Waals surface area contributed by atoms with Gasteiger partial charge in [0.15, 0.2) is 0 Å². The summed E-state index contributed by atoms with van der Waals surface area (Å²) in [4.78, 5) is 45.3. The third-order valence-electron chi connectivity index (χ3n) is 12.5. The highest BCUT2D eigenvalue weighted by Gasteiger charge is 2.65. The van der Waals surface area contributed by atoms with Crippen LogP contribution in [0.15, 0.2) is 54.7 Å². The molecule has 3 aromatic rings. The van der Waals surface area contributed by atoms with Crippen LogP contribution in [-0.2, 0) is 38.3 Å². The van der Waals surface area contributed by atoms with Gasteiger partial charge >= 0.3 is 6.30 Å². The van der Waals surface area contributed by atoms with E-state index in [0.717, 1.165) is 29.5 Å². The second-order valence-corrected chi connectivity index (χ2v) is 15.7. The smallest absolute Gasteiger partial charge is 0.355 e. The molecule has 2 N–H and O–H groups in total. The number of alkyl halides is 3. The van der Waals surface area contributed by atoms with Crippen LogP contribution < -0.4 is 5.32 Å². The average molecular weight is 707 g/mol. The Kier molecular flexibility index (Phi) is 8.29. The van der Waals surface area contributed by atoms with Gasteiger partial charge in [0.05, 0.1) is 17.5 Å². The Morgan fingerprint density at radius 2 is 1.88 bits per heavy atom. The van der Waals surface area contributed by atoms with E-state index in [1.165, 1.54) is 17.2 Å². The van der Waals surface area contributed by atoms with Gasteiger partial charge in [-0.2, -0.15) is 0 Å². The molecule has 0 radical (unpaired) electrons. The first-order chi connectivity index (χ1) is 24.3. The van der Waals surface area contributed by atoms with E-state index in [0.29, 0.717) is 48.6 Å². The topological polar surface area (TPSA) is 104 Å². The fourth-order valence-corrected chi connectivity index (χ4v) is 10.1. The van der Waals surface area contributed by atoms with E-state index in [2.05, 4.69) is 12.2 Å². The van der Waals surface area contributed by atoms with Crippen molar-refractivity contribution in [2.45, 2.75) is 95.4 Å². The van der Waals surface area contributed by atoms with Crippen LogP contribution in [0, 0.1) is 23.2 Å². The van der Waals surface area contributed by atoms with Crippen LogP contribution >= 0.6 is 0 Å². The van der Waals surface area contributed by atoms with Crippen LogP contribution in [-0.4, -0.2) is 74.9 Å². The van der Waals surface area contributed by atoms with Crippen LogP contribution in [0.1, 0.15) is 75.0 Å². The molecule has 2 aliphatic carbocycles. The van der Waals surface area contributed by atoms with Gasteiger partial charge in [-0.25, -0.2) is 0 Å². The van der Waals surface area contributed by atoms with Crippen LogP contribution in [0.25, 0.3) is 10.9 Å². The Bertz CT molecular complexity index is 1860. The highest BCUT2D eigenvalue weighted by atomic mass is 19.4. The molecule has 3 aliphatic heterocycles. The molecule has 8 rings (SSSR count). The zero-order valence-corrected chi connectivity index (χ0v) is 29.0. The van der Waals surface area contributed by atoms with E-state index >= 15 is 0 Å². The molecule has 4 heterocycles. The molecular weight excluding hydrogens is 661 g/mol. The number of amides is 3. The minimum absolute atomic E-state index is 0.0465. The summed E-state index contributed by atoms with van der Waals surface area (Å²) in [6.45, 7) is 4.10. The lowest BCUT2D eigenvalue weighted by Crippen LogP contribution is -2.79. The molecule has 272 valence electrons. The number of carbonyl (C=O) groups excluding carboxylic acids is 3. The Morgan fingerprint density at radius 1 is 1.10 bits per heavy atom. The zero-order valence-electron chi connectivity index (χ0n) is 29.0. The maximum Gasteiger partial charge on any atom is 0.488 e. The SMILES string of the molecule is CCCC1CC(C(=O)NC[C@]2(C)CO[C@@]3(O)[C@@H]4CCCN4C(=O)[C@H](Cc4ccccc4)N3C2=O)C[C@@H]2c3cccc4c3c(cn4C(F)(F)F)CC12. The van der Waals surface area contributed by atoms with Crippen molar-refractivity contribution < 1.29 is 37.4 Å². The number of fused-ring (bicyclic) bond motifs is 5. The molecule has 4 fully saturated rings. The molecular formula is C39H45F3N4O5. The molecule has 3 amide bonds. The predicted molar refractivity (Wildman–Crippen MR) is 182 cm³/mol. The van der Waals surface area contributed by atoms with Crippen molar-refractivity contribution in [2.24, 2.45) is 23.2 Å². The minimum atomic E-state index is -4.53. The summed E-state index contributed by atoms with van der Waals surface area (Å²) in [6.07, 6.45) is 1.57.